The van der Waals surface area contributed by atoms with Crippen LogP contribution in [0.3, 0.4) is 0 Å². The van der Waals surface area contributed by atoms with Crippen molar-refractivity contribution >= 4 is 11.7 Å². The molecular formula is C17H20N2O2. The fourth-order valence-electron chi connectivity index (χ4n) is 2.07. The molecule has 0 heterocycles. The third-order valence-electron chi connectivity index (χ3n) is 3.34. The van der Waals surface area contributed by atoms with Crippen molar-refractivity contribution in [1.82, 2.24) is 5.32 Å². The number of carbonyl (C=O) groups excluding carboxylic acids is 1. The smallest absolute Gasteiger partial charge is 0.319 e. The van der Waals surface area contributed by atoms with Crippen molar-refractivity contribution in [3.63, 3.8) is 0 Å². The van der Waals surface area contributed by atoms with Crippen LogP contribution in [0.1, 0.15) is 31.0 Å². The van der Waals surface area contributed by atoms with E-state index >= 15 is 0 Å². The van der Waals surface area contributed by atoms with Crippen molar-refractivity contribution in [3.8, 4) is 5.75 Å². The number of hydrogen-bond acceptors (Lipinski definition) is 2. The molecular weight excluding hydrogens is 264 g/mol. The van der Waals surface area contributed by atoms with Gasteiger partial charge in [-0.1, -0.05) is 37.3 Å². The maximum Gasteiger partial charge on any atom is 0.319 e. The summed E-state index contributed by atoms with van der Waals surface area (Å²) in [5.74, 6) is 0.121. The maximum atomic E-state index is 11.9. The highest BCUT2D eigenvalue weighted by Gasteiger charge is 2.09. The first kappa shape index (κ1) is 14.9. The lowest BCUT2D eigenvalue weighted by molar-refractivity contribution is 0.249. The molecule has 21 heavy (non-hydrogen) atoms. The number of aryl methyl sites for hydroxylation is 1. The van der Waals surface area contributed by atoms with Gasteiger partial charge < -0.3 is 15.7 Å². The molecule has 0 aromatic heterocycles. The van der Waals surface area contributed by atoms with Gasteiger partial charge in [0.2, 0.25) is 0 Å². The molecule has 2 amide bonds. The Morgan fingerprint density at radius 1 is 1.19 bits per heavy atom. The van der Waals surface area contributed by atoms with Crippen molar-refractivity contribution < 1.29 is 9.90 Å². The average molecular weight is 284 g/mol. The van der Waals surface area contributed by atoms with Crippen LogP contribution in [0.25, 0.3) is 0 Å². The quantitative estimate of drug-likeness (QED) is 0.799. The van der Waals surface area contributed by atoms with Crippen LogP contribution in [0.5, 0.6) is 5.75 Å². The predicted molar refractivity (Wildman–Crippen MR) is 84.5 cm³/mol. The predicted octanol–water partition coefficient (Wildman–Crippen LogP) is 3.84. The molecule has 2 rings (SSSR count). The zero-order valence-electron chi connectivity index (χ0n) is 12.3. The third kappa shape index (κ3) is 4.24. The number of aromatic hydroxyl groups is 1. The molecule has 0 aliphatic rings. The van der Waals surface area contributed by atoms with E-state index in [2.05, 4.69) is 29.7 Å². The Bertz CT molecular complexity index is 608. The SMILES string of the molecule is CCc1ccc(C(C)NC(=O)Nc2cccc(O)c2)cc1. The number of nitrogens with one attached hydrogen (secondary N) is 2. The van der Waals surface area contributed by atoms with E-state index in [4.69, 9.17) is 0 Å². The van der Waals surface area contributed by atoms with Gasteiger partial charge in [0.1, 0.15) is 5.75 Å². The summed E-state index contributed by atoms with van der Waals surface area (Å²) in [6.45, 7) is 4.04. The first-order chi connectivity index (χ1) is 10.1. The second kappa shape index (κ2) is 6.79. The Morgan fingerprint density at radius 2 is 1.90 bits per heavy atom. The van der Waals surface area contributed by atoms with E-state index in [1.165, 1.54) is 11.6 Å². The Balaban J connectivity index is 1.95. The lowest BCUT2D eigenvalue weighted by Gasteiger charge is -2.15. The molecule has 0 spiro atoms. The van der Waals surface area contributed by atoms with E-state index in [0.29, 0.717) is 5.69 Å². The van der Waals surface area contributed by atoms with Crippen LogP contribution in [0.15, 0.2) is 48.5 Å². The van der Waals surface area contributed by atoms with Gasteiger partial charge in [0, 0.05) is 11.8 Å². The molecule has 0 radical (unpaired) electrons. The summed E-state index contributed by atoms with van der Waals surface area (Å²) in [4.78, 5) is 11.9. The number of urea groups is 1. The first-order valence-corrected chi connectivity index (χ1v) is 7.04. The molecule has 1 atom stereocenters. The van der Waals surface area contributed by atoms with Crippen LogP contribution < -0.4 is 10.6 Å². The lowest BCUT2D eigenvalue weighted by atomic mass is 10.1. The number of phenols is 1. The van der Waals surface area contributed by atoms with Crippen LogP contribution in [0.4, 0.5) is 10.5 Å². The third-order valence-corrected chi connectivity index (χ3v) is 3.34. The van der Waals surface area contributed by atoms with Gasteiger partial charge >= 0.3 is 6.03 Å². The fourth-order valence-corrected chi connectivity index (χ4v) is 2.07. The highest BCUT2D eigenvalue weighted by molar-refractivity contribution is 5.89. The van der Waals surface area contributed by atoms with Gasteiger partial charge in [-0.3, -0.25) is 0 Å². The zero-order valence-corrected chi connectivity index (χ0v) is 12.3. The minimum atomic E-state index is -0.298. The Morgan fingerprint density at radius 3 is 2.52 bits per heavy atom. The normalized spacial score (nSPS) is 11.7. The molecule has 0 saturated carbocycles. The number of phenolic OH excluding ortho intramolecular Hbond substituents is 1. The molecule has 0 fully saturated rings. The first-order valence-electron chi connectivity index (χ1n) is 7.04. The molecule has 110 valence electrons. The minimum Gasteiger partial charge on any atom is -0.508 e. The number of amides is 2. The van der Waals surface area contributed by atoms with Crippen LogP contribution in [0.2, 0.25) is 0 Å². The second-order valence-corrected chi connectivity index (χ2v) is 4.97. The van der Waals surface area contributed by atoms with Crippen LogP contribution in [0, 0.1) is 0 Å². The summed E-state index contributed by atoms with van der Waals surface area (Å²) in [5.41, 5.74) is 2.88. The van der Waals surface area contributed by atoms with E-state index in [9.17, 15) is 9.90 Å². The Kier molecular flexibility index (Phi) is 4.82. The summed E-state index contributed by atoms with van der Waals surface area (Å²) in [5, 5.41) is 14.9. The van der Waals surface area contributed by atoms with Gasteiger partial charge in [-0.15, -0.1) is 0 Å². The number of anilines is 1. The van der Waals surface area contributed by atoms with Crippen molar-refractivity contribution in [2.45, 2.75) is 26.3 Å². The van der Waals surface area contributed by atoms with E-state index in [0.717, 1.165) is 12.0 Å². The van der Waals surface area contributed by atoms with E-state index < -0.39 is 0 Å². The van der Waals surface area contributed by atoms with Crippen LogP contribution in [-0.2, 0) is 6.42 Å². The van der Waals surface area contributed by atoms with Crippen molar-refractivity contribution in [2.24, 2.45) is 0 Å². The summed E-state index contributed by atoms with van der Waals surface area (Å²) >= 11 is 0. The molecule has 4 heteroatoms. The number of rotatable bonds is 4. The zero-order chi connectivity index (χ0) is 15.2. The van der Waals surface area contributed by atoms with Crippen LogP contribution >= 0.6 is 0 Å². The maximum absolute atomic E-state index is 11.9. The van der Waals surface area contributed by atoms with Gasteiger partial charge in [-0.05, 0) is 36.6 Å². The topological polar surface area (TPSA) is 61.4 Å². The highest BCUT2D eigenvalue weighted by Crippen LogP contribution is 2.17. The summed E-state index contributed by atoms with van der Waals surface area (Å²) < 4.78 is 0. The lowest BCUT2D eigenvalue weighted by Crippen LogP contribution is -2.31. The van der Waals surface area contributed by atoms with Crippen LogP contribution in [-0.4, -0.2) is 11.1 Å². The molecule has 2 aromatic rings. The number of carbonyl (C=O) groups is 1. The molecule has 4 nitrogen and oxygen atoms in total. The van der Waals surface area contributed by atoms with E-state index in [1.807, 2.05) is 19.1 Å². The molecule has 1 unspecified atom stereocenters. The summed E-state index contributed by atoms with van der Waals surface area (Å²) in [6.07, 6.45) is 1.00. The minimum absolute atomic E-state index is 0.0896. The van der Waals surface area contributed by atoms with E-state index in [1.54, 1.807) is 18.2 Å². The van der Waals surface area contributed by atoms with Gasteiger partial charge in [0.25, 0.3) is 0 Å². The average Bonchev–Trinajstić information content (AvgIpc) is 2.47. The molecule has 2 aromatic carbocycles. The molecule has 3 N–H and O–H groups in total. The number of hydrogen-bond donors (Lipinski definition) is 3. The monoisotopic (exact) mass is 284 g/mol. The van der Waals surface area contributed by atoms with Gasteiger partial charge in [0.15, 0.2) is 0 Å². The molecule has 0 aliphatic heterocycles. The summed E-state index contributed by atoms with van der Waals surface area (Å²) in [6, 6.07) is 14.3. The largest absolute Gasteiger partial charge is 0.508 e. The Hall–Kier alpha value is -2.49. The second-order valence-electron chi connectivity index (χ2n) is 4.97. The van der Waals surface area contributed by atoms with Crippen molar-refractivity contribution in [1.29, 1.82) is 0 Å². The molecule has 0 bridgehead atoms. The molecule has 0 aliphatic carbocycles. The molecule has 0 saturated heterocycles. The van der Waals surface area contributed by atoms with Gasteiger partial charge in [-0.2, -0.15) is 0 Å². The van der Waals surface area contributed by atoms with E-state index in [-0.39, 0.29) is 17.8 Å². The highest BCUT2D eigenvalue weighted by atomic mass is 16.3. The summed E-state index contributed by atoms with van der Waals surface area (Å²) in [7, 11) is 0. The Labute approximate surface area is 124 Å². The van der Waals surface area contributed by atoms with Crippen molar-refractivity contribution in [3.05, 3.63) is 59.7 Å². The van der Waals surface area contributed by atoms with Crippen molar-refractivity contribution in [2.75, 3.05) is 5.32 Å². The van der Waals surface area contributed by atoms with Gasteiger partial charge in [0.05, 0.1) is 6.04 Å². The van der Waals surface area contributed by atoms with Gasteiger partial charge in [-0.25, -0.2) is 4.79 Å². The fraction of sp³-hybridized carbons (Fsp3) is 0.235. The standard InChI is InChI=1S/C17H20N2O2/c1-3-13-7-9-14(10-8-13)12(2)18-17(21)19-15-5-4-6-16(20)11-15/h4-12,20H,3H2,1-2H3,(H2,18,19,21). The number of benzene rings is 2.